The fourth-order valence-electron chi connectivity index (χ4n) is 1.93. The summed E-state index contributed by atoms with van der Waals surface area (Å²) in [5, 5.41) is 0.601. The first kappa shape index (κ1) is 18.7. The van der Waals surface area contributed by atoms with Gasteiger partial charge in [0.15, 0.2) is 18.5 Å². The molecule has 0 aliphatic carbocycles. The lowest BCUT2D eigenvalue weighted by Crippen LogP contribution is -2.26. The number of nitrogens with zero attached hydrogens (tertiary/aromatic N) is 4. The molecule has 0 aliphatic heterocycles. The monoisotopic (exact) mass is 365 g/mol. The largest absolute Gasteiger partial charge is 0.479 e. The van der Waals surface area contributed by atoms with Gasteiger partial charge in [0.05, 0.1) is 0 Å². The number of hydrogen-bond acceptors (Lipinski definition) is 8. The number of rotatable bonds is 6. The molecule has 2 rings (SSSR count). The molecule has 0 aliphatic rings. The number of ether oxygens (including phenoxy) is 2. The van der Waals surface area contributed by atoms with Crippen molar-refractivity contribution >= 4 is 29.5 Å². The zero-order valence-corrected chi connectivity index (χ0v) is 15.2. The second-order valence-corrected chi connectivity index (χ2v) is 6.02. The minimum Gasteiger partial charge on any atom is -0.479 e. The van der Waals surface area contributed by atoms with Gasteiger partial charge in [-0.05, 0) is 37.6 Å². The maximum absolute atomic E-state index is 12.1. The van der Waals surface area contributed by atoms with Crippen molar-refractivity contribution in [3.05, 3.63) is 34.6 Å². The number of aromatic nitrogens is 3. The van der Waals surface area contributed by atoms with Crippen LogP contribution >= 0.6 is 11.6 Å². The molecule has 1 aromatic carbocycles. The maximum atomic E-state index is 12.1. The first-order valence-electron chi connectivity index (χ1n) is 7.53. The number of nitrogen functional groups attached to an aromatic ring is 1. The molecule has 0 fully saturated rings. The van der Waals surface area contributed by atoms with E-state index in [1.807, 2.05) is 6.92 Å². The van der Waals surface area contributed by atoms with E-state index in [9.17, 15) is 4.79 Å². The molecule has 0 bridgehead atoms. The Bertz CT molecular complexity index is 769. The molecule has 1 atom stereocenters. The van der Waals surface area contributed by atoms with E-state index in [0.29, 0.717) is 16.7 Å². The van der Waals surface area contributed by atoms with Crippen LogP contribution in [-0.4, -0.2) is 41.1 Å². The van der Waals surface area contributed by atoms with E-state index in [0.717, 1.165) is 5.56 Å². The van der Waals surface area contributed by atoms with Crippen LogP contribution in [0.1, 0.15) is 18.3 Å². The third-order valence-corrected chi connectivity index (χ3v) is 3.44. The van der Waals surface area contributed by atoms with Crippen molar-refractivity contribution in [1.82, 2.24) is 15.0 Å². The third kappa shape index (κ3) is 5.18. The SMILES string of the molecule is Cc1cc(Cl)ccc1OC(C)C(=O)OCc1nc(N)nc(N(C)C)n1. The van der Waals surface area contributed by atoms with Crippen LogP contribution in [0.5, 0.6) is 5.75 Å². The van der Waals surface area contributed by atoms with Gasteiger partial charge in [0.1, 0.15) is 5.75 Å². The van der Waals surface area contributed by atoms with E-state index >= 15 is 0 Å². The van der Waals surface area contributed by atoms with Gasteiger partial charge >= 0.3 is 5.97 Å². The fraction of sp³-hybridized carbons (Fsp3) is 0.375. The van der Waals surface area contributed by atoms with Crippen LogP contribution in [0.4, 0.5) is 11.9 Å². The second-order valence-electron chi connectivity index (χ2n) is 5.58. The number of aryl methyl sites for hydroxylation is 1. The molecule has 2 N–H and O–H groups in total. The molecule has 134 valence electrons. The number of anilines is 2. The lowest BCUT2D eigenvalue weighted by atomic mass is 10.2. The molecule has 2 aromatic rings. The molecule has 1 unspecified atom stereocenters. The van der Waals surface area contributed by atoms with Gasteiger partial charge in [0.25, 0.3) is 0 Å². The van der Waals surface area contributed by atoms with Gasteiger partial charge in [-0.2, -0.15) is 15.0 Å². The van der Waals surface area contributed by atoms with E-state index in [4.69, 9.17) is 26.8 Å². The average Bonchev–Trinajstić information content (AvgIpc) is 2.54. The summed E-state index contributed by atoms with van der Waals surface area (Å²) in [7, 11) is 3.55. The average molecular weight is 366 g/mol. The van der Waals surface area contributed by atoms with Crippen LogP contribution in [-0.2, 0) is 16.1 Å². The second kappa shape index (κ2) is 7.98. The van der Waals surface area contributed by atoms with Crippen LogP contribution < -0.4 is 15.4 Å². The third-order valence-electron chi connectivity index (χ3n) is 3.20. The Morgan fingerprint density at radius 3 is 2.68 bits per heavy atom. The highest BCUT2D eigenvalue weighted by Gasteiger charge is 2.18. The molecular weight excluding hydrogens is 346 g/mol. The summed E-state index contributed by atoms with van der Waals surface area (Å²) in [6.45, 7) is 3.32. The van der Waals surface area contributed by atoms with Crippen LogP contribution in [0.3, 0.4) is 0 Å². The number of carbonyl (C=O) groups is 1. The van der Waals surface area contributed by atoms with Crippen molar-refractivity contribution < 1.29 is 14.3 Å². The van der Waals surface area contributed by atoms with Gasteiger partial charge in [-0.25, -0.2) is 4.79 Å². The van der Waals surface area contributed by atoms with Gasteiger partial charge < -0.3 is 20.1 Å². The Morgan fingerprint density at radius 1 is 1.32 bits per heavy atom. The van der Waals surface area contributed by atoms with Crippen molar-refractivity contribution in [3.63, 3.8) is 0 Å². The molecule has 1 heterocycles. The number of carbonyl (C=O) groups excluding carboxylic acids is 1. The molecule has 25 heavy (non-hydrogen) atoms. The van der Waals surface area contributed by atoms with Crippen molar-refractivity contribution in [2.24, 2.45) is 0 Å². The first-order valence-corrected chi connectivity index (χ1v) is 7.91. The van der Waals surface area contributed by atoms with E-state index in [2.05, 4.69) is 15.0 Å². The summed E-state index contributed by atoms with van der Waals surface area (Å²) < 4.78 is 10.8. The van der Waals surface area contributed by atoms with Gasteiger partial charge in [-0.1, -0.05) is 11.6 Å². The summed E-state index contributed by atoms with van der Waals surface area (Å²) >= 11 is 5.90. The molecule has 9 heteroatoms. The van der Waals surface area contributed by atoms with Gasteiger partial charge in [0.2, 0.25) is 11.9 Å². The van der Waals surface area contributed by atoms with E-state index in [1.54, 1.807) is 44.1 Å². The summed E-state index contributed by atoms with van der Waals surface area (Å²) in [5.74, 6) is 0.734. The topological polar surface area (TPSA) is 103 Å². The quantitative estimate of drug-likeness (QED) is 0.775. The van der Waals surface area contributed by atoms with Crippen LogP contribution in [0.15, 0.2) is 18.2 Å². The minimum atomic E-state index is -0.799. The van der Waals surface area contributed by atoms with Crippen molar-refractivity contribution in [1.29, 1.82) is 0 Å². The first-order chi connectivity index (χ1) is 11.8. The van der Waals surface area contributed by atoms with Gasteiger partial charge in [-0.3, -0.25) is 0 Å². The van der Waals surface area contributed by atoms with Gasteiger partial charge in [-0.15, -0.1) is 0 Å². The number of hydrogen-bond donors (Lipinski definition) is 1. The van der Waals surface area contributed by atoms with Gasteiger partial charge in [0, 0.05) is 19.1 Å². The Hall–Kier alpha value is -2.61. The Kier molecular flexibility index (Phi) is 5.97. The van der Waals surface area contributed by atoms with E-state index in [1.165, 1.54) is 0 Å². The van der Waals surface area contributed by atoms with Crippen LogP contribution in [0.25, 0.3) is 0 Å². The summed E-state index contributed by atoms with van der Waals surface area (Å²) in [5.41, 5.74) is 6.46. The normalized spacial score (nSPS) is 11.7. The molecule has 1 aromatic heterocycles. The number of benzene rings is 1. The highest BCUT2D eigenvalue weighted by molar-refractivity contribution is 6.30. The van der Waals surface area contributed by atoms with E-state index < -0.39 is 12.1 Å². The maximum Gasteiger partial charge on any atom is 0.347 e. The van der Waals surface area contributed by atoms with Crippen molar-refractivity contribution in [2.75, 3.05) is 24.7 Å². The minimum absolute atomic E-state index is 0.0610. The molecular formula is C16H20ClN5O3. The zero-order chi connectivity index (χ0) is 18.6. The van der Waals surface area contributed by atoms with Crippen molar-refractivity contribution in [3.8, 4) is 5.75 Å². The highest BCUT2D eigenvalue weighted by atomic mass is 35.5. The number of nitrogens with two attached hydrogens (primary N) is 1. The predicted molar refractivity (Wildman–Crippen MR) is 94.6 cm³/mol. The lowest BCUT2D eigenvalue weighted by molar-refractivity contribution is -0.152. The predicted octanol–water partition coefficient (Wildman–Crippen LogP) is 1.99. The molecule has 0 radical (unpaired) electrons. The Balaban J connectivity index is 1.97. The molecule has 0 saturated carbocycles. The Morgan fingerprint density at radius 2 is 2.04 bits per heavy atom. The summed E-state index contributed by atoms with van der Waals surface area (Å²) in [6.07, 6.45) is -0.799. The zero-order valence-electron chi connectivity index (χ0n) is 14.5. The number of halogens is 1. The Labute approximate surface area is 150 Å². The molecule has 0 spiro atoms. The highest BCUT2D eigenvalue weighted by Crippen LogP contribution is 2.23. The number of esters is 1. The van der Waals surface area contributed by atoms with E-state index in [-0.39, 0.29) is 18.4 Å². The van der Waals surface area contributed by atoms with Crippen molar-refractivity contribution in [2.45, 2.75) is 26.6 Å². The van der Waals surface area contributed by atoms with Crippen LogP contribution in [0.2, 0.25) is 5.02 Å². The summed E-state index contributed by atoms with van der Waals surface area (Å²) in [4.78, 5) is 25.9. The lowest BCUT2D eigenvalue weighted by Gasteiger charge is -2.16. The van der Waals surface area contributed by atoms with Crippen LogP contribution in [0, 0.1) is 6.92 Å². The molecule has 0 saturated heterocycles. The fourth-order valence-corrected chi connectivity index (χ4v) is 2.15. The molecule has 0 amide bonds. The summed E-state index contributed by atoms with van der Waals surface area (Å²) in [6, 6.07) is 5.15. The molecule has 8 nitrogen and oxygen atoms in total. The standard InChI is InChI=1S/C16H20ClN5O3/c1-9-7-11(17)5-6-12(9)25-10(2)14(23)24-8-13-19-15(18)21-16(20-13)22(3)4/h5-7,10H,8H2,1-4H3,(H2,18,19,20,21). The smallest absolute Gasteiger partial charge is 0.347 e.